The van der Waals surface area contributed by atoms with E-state index in [0.29, 0.717) is 23.2 Å². The summed E-state index contributed by atoms with van der Waals surface area (Å²) < 4.78 is 0. The highest BCUT2D eigenvalue weighted by Crippen LogP contribution is 2.38. The number of nitrogens with one attached hydrogen (secondary N) is 3. The molecule has 0 saturated heterocycles. The molecule has 3 N–H and O–H groups in total. The summed E-state index contributed by atoms with van der Waals surface area (Å²) in [5.74, 6) is 0.212. The fraction of sp³-hybridized carbons (Fsp3) is 0.190. The number of hydrogen-bond donors (Lipinski definition) is 3. The maximum absolute atomic E-state index is 13.1. The van der Waals surface area contributed by atoms with Gasteiger partial charge in [0, 0.05) is 29.5 Å². The lowest BCUT2D eigenvalue weighted by molar-refractivity contribution is -0.119. The molecule has 1 aliphatic rings. The number of aromatic nitrogens is 5. The molecule has 0 radical (unpaired) electrons. The van der Waals surface area contributed by atoms with Crippen LogP contribution in [0.3, 0.4) is 0 Å². The average molecular weight is 468 g/mol. The van der Waals surface area contributed by atoms with Crippen molar-refractivity contribution in [1.82, 2.24) is 30.7 Å². The quantitative estimate of drug-likeness (QED) is 0.424. The van der Waals surface area contributed by atoms with Crippen LogP contribution in [0.1, 0.15) is 22.0 Å². The Balaban J connectivity index is 1.32. The van der Waals surface area contributed by atoms with Crippen LogP contribution in [-0.2, 0) is 11.2 Å². The number of rotatable bonds is 4. The molecule has 2 amide bonds. The first-order valence-electron chi connectivity index (χ1n) is 9.83. The van der Waals surface area contributed by atoms with Gasteiger partial charge in [0.25, 0.3) is 5.91 Å². The maximum Gasteiger partial charge on any atom is 0.291 e. The van der Waals surface area contributed by atoms with E-state index in [4.69, 9.17) is 11.6 Å². The van der Waals surface area contributed by atoms with E-state index in [-0.39, 0.29) is 11.7 Å². The third-order valence-corrected chi connectivity index (χ3v) is 6.66. The zero-order valence-corrected chi connectivity index (χ0v) is 18.5. The Morgan fingerprint density at radius 1 is 1.25 bits per heavy atom. The molecule has 3 heterocycles. The van der Waals surface area contributed by atoms with E-state index < -0.39 is 11.9 Å². The molecule has 162 valence electrons. The third-order valence-electron chi connectivity index (χ3n) is 5.24. The number of amides is 2. The van der Waals surface area contributed by atoms with Crippen LogP contribution in [0.5, 0.6) is 0 Å². The molecule has 0 saturated carbocycles. The van der Waals surface area contributed by atoms with Gasteiger partial charge in [-0.3, -0.25) is 19.8 Å². The zero-order valence-electron chi connectivity index (χ0n) is 16.9. The Labute approximate surface area is 191 Å². The lowest BCUT2D eigenvalue weighted by Crippen LogP contribution is -2.48. The van der Waals surface area contributed by atoms with Crippen LogP contribution in [0.4, 0.5) is 5.69 Å². The number of aromatic amines is 2. The van der Waals surface area contributed by atoms with Gasteiger partial charge in [0.15, 0.2) is 0 Å². The fourth-order valence-corrected chi connectivity index (χ4v) is 4.87. The molecule has 0 fully saturated rings. The number of benzene rings is 2. The summed E-state index contributed by atoms with van der Waals surface area (Å²) in [5, 5.41) is 17.7. The second-order valence-corrected chi connectivity index (χ2v) is 8.82. The molecule has 2 aromatic carbocycles. The Morgan fingerprint density at radius 2 is 2.06 bits per heavy atom. The van der Waals surface area contributed by atoms with Crippen molar-refractivity contribution in [2.24, 2.45) is 0 Å². The molecule has 32 heavy (non-hydrogen) atoms. The van der Waals surface area contributed by atoms with Crippen molar-refractivity contribution in [2.75, 3.05) is 17.7 Å². The number of thioether (sulfide) groups is 1. The second kappa shape index (κ2) is 8.29. The molecule has 0 unspecified atom stereocenters. The molecule has 1 aliphatic heterocycles. The van der Waals surface area contributed by atoms with E-state index >= 15 is 0 Å². The van der Waals surface area contributed by atoms with Gasteiger partial charge in [-0.25, -0.2) is 4.98 Å². The summed E-state index contributed by atoms with van der Waals surface area (Å²) in [6.45, 7) is 0. The molecule has 0 aliphatic carbocycles. The van der Waals surface area contributed by atoms with E-state index in [9.17, 15) is 9.59 Å². The normalized spacial score (nSPS) is 16.1. The minimum Gasteiger partial charge on any atom is -0.337 e. The summed E-state index contributed by atoms with van der Waals surface area (Å²) in [6.07, 6.45) is 0.529. The second-order valence-electron chi connectivity index (χ2n) is 7.38. The van der Waals surface area contributed by atoms with Crippen molar-refractivity contribution in [3.05, 3.63) is 64.8 Å². The topological polar surface area (TPSA) is 120 Å². The lowest BCUT2D eigenvalue weighted by atomic mass is 10.1. The van der Waals surface area contributed by atoms with E-state index in [2.05, 4.69) is 30.7 Å². The van der Waals surface area contributed by atoms with E-state index in [0.717, 1.165) is 27.0 Å². The summed E-state index contributed by atoms with van der Waals surface area (Å²) >= 11 is 7.63. The minimum absolute atomic E-state index is 0.00313. The molecular formula is C21H18ClN7O2S. The van der Waals surface area contributed by atoms with Gasteiger partial charge >= 0.3 is 0 Å². The Bertz CT molecular complexity index is 1320. The predicted octanol–water partition coefficient (Wildman–Crippen LogP) is 2.79. The SMILES string of the molecule is CN1C(=O)[C@@H](NC(=O)c2n[nH]c(Cc3ccccc3)n2)CSc2cc3n[nH]c(Cl)c3cc21. The summed E-state index contributed by atoms with van der Waals surface area (Å²) in [4.78, 5) is 32.5. The number of anilines is 1. The third kappa shape index (κ3) is 3.82. The lowest BCUT2D eigenvalue weighted by Gasteiger charge is -2.21. The summed E-state index contributed by atoms with van der Waals surface area (Å²) in [5.41, 5.74) is 2.49. The number of fused-ring (bicyclic) bond motifs is 2. The number of hydrogen-bond acceptors (Lipinski definition) is 6. The van der Waals surface area contributed by atoms with Crippen molar-refractivity contribution in [3.63, 3.8) is 0 Å². The van der Waals surface area contributed by atoms with Gasteiger partial charge in [-0.1, -0.05) is 41.9 Å². The Morgan fingerprint density at radius 3 is 2.88 bits per heavy atom. The van der Waals surface area contributed by atoms with Gasteiger partial charge in [-0.2, -0.15) is 5.10 Å². The van der Waals surface area contributed by atoms with E-state index in [1.807, 2.05) is 42.5 Å². The van der Waals surface area contributed by atoms with Gasteiger partial charge < -0.3 is 10.2 Å². The first kappa shape index (κ1) is 20.5. The minimum atomic E-state index is -0.731. The number of carbonyl (C=O) groups is 2. The van der Waals surface area contributed by atoms with Crippen LogP contribution in [0.15, 0.2) is 47.4 Å². The molecular weight excluding hydrogens is 450 g/mol. The summed E-state index contributed by atoms with van der Waals surface area (Å²) in [6, 6.07) is 12.7. The molecule has 1 atom stereocenters. The van der Waals surface area contributed by atoms with Gasteiger partial charge in [0.1, 0.15) is 17.0 Å². The molecule has 9 nitrogen and oxygen atoms in total. The Kier molecular flexibility index (Phi) is 5.32. The van der Waals surface area contributed by atoms with Crippen molar-refractivity contribution in [1.29, 1.82) is 0 Å². The highest BCUT2D eigenvalue weighted by atomic mass is 35.5. The van der Waals surface area contributed by atoms with Gasteiger partial charge in [-0.15, -0.1) is 16.9 Å². The maximum atomic E-state index is 13.1. The van der Waals surface area contributed by atoms with Crippen molar-refractivity contribution < 1.29 is 9.59 Å². The summed E-state index contributed by atoms with van der Waals surface area (Å²) in [7, 11) is 1.68. The van der Waals surface area contributed by atoms with Crippen molar-refractivity contribution in [3.8, 4) is 0 Å². The van der Waals surface area contributed by atoms with Crippen molar-refractivity contribution >= 4 is 51.8 Å². The first-order chi connectivity index (χ1) is 15.5. The number of halogens is 1. The molecule has 11 heteroatoms. The standard InChI is InChI=1S/C21H18ClN7O2S/c1-29-15-8-12-13(25-27-18(12)22)9-16(15)32-10-14(21(29)31)23-20(30)19-24-17(26-28-19)7-11-5-3-2-4-6-11/h2-6,8-9,14H,7,10H2,1H3,(H,23,30)(H,25,27)(H,24,26,28)/t14-/m0/s1. The molecule has 2 aromatic heterocycles. The largest absolute Gasteiger partial charge is 0.337 e. The van der Waals surface area contributed by atoms with Gasteiger partial charge in [-0.05, 0) is 17.7 Å². The van der Waals surface area contributed by atoms with Crippen LogP contribution < -0.4 is 10.2 Å². The zero-order chi connectivity index (χ0) is 22.2. The highest BCUT2D eigenvalue weighted by Gasteiger charge is 2.31. The van der Waals surface area contributed by atoms with Crippen LogP contribution in [-0.4, -0.2) is 56.0 Å². The number of H-pyrrole nitrogens is 2. The predicted molar refractivity (Wildman–Crippen MR) is 122 cm³/mol. The van der Waals surface area contributed by atoms with Crippen LogP contribution in [0, 0.1) is 0 Å². The monoisotopic (exact) mass is 467 g/mol. The van der Waals surface area contributed by atoms with Crippen LogP contribution >= 0.6 is 23.4 Å². The van der Waals surface area contributed by atoms with Crippen molar-refractivity contribution in [2.45, 2.75) is 17.4 Å². The number of nitrogens with zero attached hydrogens (tertiary/aromatic N) is 4. The average Bonchev–Trinajstić information content (AvgIpc) is 3.39. The van der Waals surface area contributed by atoms with E-state index in [1.54, 1.807) is 7.05 Å². The first-order valence-corrected chi connectivity index (χ1v) is 11.2. The number of likely N-dealkylation sites (N-methyl/N-ethyl adjacent to an activating group) is 1. The van der Waals surface area contributed by atoms with Gasteiger partial charge in [0.05, 0.1) is 11.2 Å². The van der Waals surface area contributed by atoms with E-state index in [1.165, 1.54) is 16.7 Å². The molecule has 0 bridgehead atoms. The van der Waals surface area contributed by atoms with Crippen LogP contribution in [0.2, 0.25) is 5.15 Å². The Hall–Kier alpha value is -3.37. The molecule has 5 rings (SSSR count). The molecule has 4 aromatic rings. The number of carbonyl (C=O) groups excluding carboxylic acids is 2. The smallest absolute Gasteiger partial charge is 0.291 e. The highest BCUT2D eigenvalue weighted by molar-refractivity contribution is 7.99. The molecule has 0 spiro atoms. The fourth-order valence-electron chi connectivity index (χ4n) is 3.56. The van der Waals surface area contributed by atoms with Gasteiger partial charge in [0.2, 0.25) is 11.7 Å². The van der Waals surface area contributed by atoms with Crippen LogP contribution in [0.25, 0.3) is 10.9 Å².